The summed E-state index contributed by atoms with van der Waals surface area (Å²) in [6, 6.07) is 12.3. The zero-order chi connectivity index (χ0) is 26.6. The number of nitrogens with one attached hydrogen (secondary N) is 1. The molecular formula is C27H28FN7O2S. The quantitative estimate of drug-likeness (QED) is 0.257. The Labute approximate surface area is 224 Å². The van der Waals surface area contributed by atoms with E-state index in [4.69, 9.17) is 9.72 Å². The number of methoxy groups -OCH3 is 1. The van der Waals surface area contributed by atoms with E-state index in [2.05, 4.69) is 46.8 Å². The Bertz CT molecular complexity index is 1740. The lowest BCUT2D eigenvalue weighted by atomic mass is 10.2. The first-order valence-electron chi connectivity index (χ1n) is 12.5. The lowest BCUT2D eigenvalue weighted by molar-refractivity contribution is 0.209. The van der Waals surface area contributed by atoms with Crippen molar-refractivity contribution in [3.8, 4) is 5.75 Å². The summed E-state index contributed by atoms with van der Waals surface area (Å²) in [7, 11) is 1.61. The van der Waals surface area contributed by atoms with Crippen LogP contribution >= 0.6 is 12.8 Å². The Morgan fingerprint density at radius 3 is 2.53 bits per heavy atom. The third kappa shape index (κ3) is 4.11. The van der Waals surface area contributed by atoms with Crippen molar-refractivity contribution in [2.45, 2.75) is 19.9 Å². The first-order chi connectivity index (χ1) is 18.3. The van der Waals surface area contributed by atoms with Gasteiger partial charge in [-0.3, -0.25) is 13.7 Å². The number of rotatable bonds is 5. The Balaban J connectivity index is 1.44. The first kappa shape index (κ1) is 24.5. The van der Waals surface area contributed by atoms with Gasteiger partial charge in [-0.05, 0) is 50.2 Å². The topological polar surface area (TPSA) is 79.9 Å². The molecule has 1 N–H and O–H groups in total. The summed E-state index contributed by atoms with van der Waals surface area (Å²) in [5, 5.41) is 4.08. The second kappa shape index (κ2) is 9.48. The van der Waals surface area contributed by atoms with Gasteiger partial charge in [0.1, 0.15) is 11.6 Å². The second-order valence-corrected chi connectivity index (χ2v) is 10.1. The summed E-state index contributed by atoms with van der Waals surface area (Å²) in [6.45, 7) is 8.31. The van der Waals surface area contributed by atoms with E-state index in [0.29, 0.717) is 39.7 Å². The highest BCUT2D eigenvalue weighted by atomic mass is 32.1. The van der Waals surface area contributed by atoms with Crippen LogP contribution in [-0.4, -0.2) is 62.6 Å². The van der Waals surface area contributed by atoms with Gasteiger partial charge in [0, 0.05) is 50.2 Å². The minimum atomic E-state index is -0.507. The highest BCUT2D eigenvalue weighted by molar-refractivity contribution is 7.78. The summed E-state index contributed by atoms with van der Waals surface area (Å²) >= 11 is 4.47. The number of aromatic nitrogens is 4. The van der Waals surface area contributed by atoms with Crippen LogP contribution in [0.5, 0.6) is 5.75 Å². The Morgan fingerprint density at radius 1 is 1.00 bits per heavy atom. The maximum atomic E-state index is 14.0. The largest absolute Gasteiger partial charge is 0.494 e. The van der Waals surface area contributed by atoms with Gasteiger partial charge in [-0.1, -0.05) is 12.8 Å². The van der Waals surface area contributed by atoms with E-state index in [-0.39, 0.29) is 11.3 Å². The van der Waals surface area contributed by atoms with Gasteiger partial charge in [0.25, 0.3) is 5.56 Å². The number of benzene rings is 2. The summed E-state index contributed by atoms with van der Waals surface area (Å²) in [4.78, 5) is 27.8. The molecule has 1 aliphatic rings. The molecule has 0 amide bonds. The highest BCUT2D eigenvalue weighted by Crippen LogP contribution is 2.33. The molecule has 0 saturated carbocycles. The van der Waals surface area contributed by atoms with Crippen LogP contribution in [0.15, 0.2) is 53.5 Å². The van der Waals surface area contributed by atoms with E-state index in [1.54, 1.807) is 23.3 Å². The molecule has 0 aliphatic carbocycles. The third-order valence-electron chi connectivity index (χ3n) is 7.18. The Kier molecular flexibility index (Phi) is 6.11. The van der Waals surface area contributed by atoms with Crippen LogP contribution in [-0.2, 0) is 0 Å². The van der Waals surface area contributed by atoms with Gasteiger partial charge in [0.2, 0.25) is 5.95 Å². The van der Waals surface area contributed by atoms with Crippen LogP contribution in [0.3, 0.4) is 0 Å². The average molecular weight is 534 g/mol. The predicted octanol–water partition coefficient (Wildman–Crippen LogP) is 4.31. The van der Waals surface area contributed by atoms with E-state index in [9.17, 15) is 9.18 Å². The maximum Gasteiger partial charge on any atom is 0.268 e. The van der Waals surface area contributed by atoms with Gasteiger partial charge < -0.3 is 15.0 Å². The van der Waals surface area contributed by atoms with Gasteiger partial charge in [-0.2, -0.15) is 4.98 Å². The van der Waals surface area contributed by atoms with Crippen LogP contribution in [0.4, 0.5) is 21.7 Å². The van der Waals surface area contributed by atoms with E-state index < -0.39 is 11.4 Å². The molecule has 38 heavy (non-hydrogen) atoms. The molecule has 5 aromatic rings. The lowest BCUT2D eigenvalue weighted by Crippen LogP contribution is -2.48. The number of hydrogen-bond donors (Lipinski definition) is 2. The van der Waals surface area contributed by atoms with Gasteiger partial charge in [0.15, 0.2) is 11.3 Å². The van der Waals surface area contributed by atoms with E-state index in [0.717, 1.165) is 31.9 Å². The van der Waals surface area contributed by atoms with Crippen molar-refractivity contribution in [2.75, 3.05) is 43.5 Å². The summed E-state index contributed by atoms with van der Waals surface area (Å²) in [5.41, 5.74) is 2.60. The SMILES string of the molecule is COc1cc(N2CCN(C(C)C)CC2)ccc1Nc1nc2c(ccn2S)c2nc3ccc(F)cc3c(=O)n12. The number of fused-ring (bicyclic) bond motifs is 4. The highest BCUT2D eigenvalue weighted by Gasteiger charge is 2.21. The summed E-state index contributed by atoms with van der Waals surface area (Å²) < 4.78 is 22.7. The van der Waals surface area contributed by atoms with Crippen molar-refractivity contribution in [1.29, 1.82) is 0 Å². The minimum absolute atomic E-state index is 0.167. The number of ether oxygens (including phenoxy) is 1. The molecule has 0 bridgehead atoms. The molecule has 9 nitrogen and oxygen atoms in total. The van der Waals surface area contributed by atoms with Crippen LogP contribution in [0.25, 0.3) is 27.6 Å². The lowest BCUT2D eigenvalue weighted by Gasteiger charge is -2.38. The van der Waals surface area contributed by atoms with E-state index in [1.165, 1.54) is 22.6 Å². The first-order valence-corrected chi connectivity index (χ1v) is 12.9. The van der Waals surface area contributed by atoms with Crippen molar-refractivity contribution in [3.05, 3.63) is 64.8 Å². The minimum Gasteiger partial charge on any atom is -0.494 e. The van der Waals surface area contributed by atoms with Crippen LogP contribution in [0.2, 0.25) is 0 Å². The van der Waals surface area contributed by atoms with Gasteiger partial charge in [-0.25, -0.2) is 13.8 Å². The molecule has 196 valence electrons. The molecule has 0 radical (unpaired) electrons. The molecule has 1 aliphatic heterocycles. The number of piperazine rings is 1. The fourth-order valence-electron chi connectivity index (χ4n) is 5.07. The summed E-state index contributed by atoms with van der Waals surface area (Å²) in [6.07, 6.45) is 1.74. The second-order valence-electron chi connectivity index (χ2n) is 9.70. The molecule has 6 rings (SSSR count). The van der Waals surface area contributed by atoms with E-state index >= 15 is 0 Å². The predicted molar refractivity (Wildman–Crippen MR) is 152 cm³/mol. The van der Waals surface area contributed by atoms with Gasteiger partial charge in [0.05, 0.1) is 29.1 Å². The molecule has 1 saturated heterocycles. The molecule has 11 heteroatoms. The fourth-order valence-corrected chi connectivity index (χ4v) is 5.28. The molecule has 0 spiro atoms. The molecule has 4 heterocycles. The molecule has 0 unspecified atom stereocenters. The smallest absolute Gasteiger partial charge is 0.268 e. The van der Waals surface area contributed by atoms with E-state index in [1.807, 2.05) is 18.2 Å². The van der Waals surface area contributed by atoms with Crippen molar-refractivity contribution < 1.29 is 9.13 Å². The standard InChI is InChI=1S/C27H28FN7O2S/c1-16(2)32-10-12-33(13-11-32)18-5-7-22(23(15-18)37-3)30-27-31-24-19(8-9-34(24)38)25-29-21-6-4-17(28)14-20(21)26(36)35(25)27/h4-9,14-16,38H,10-13H2,1-3H3,(H,30,31). The van der Waals surface area contributed by atoms with Crippen LogP contribution < -0.4 is 20.5 Å². The fraction of sp³-hybridized carbons (Fsp3) is 0.296. The normalized spacial score (nSPS) is 14.7. The van der Waals surface area contributed by atoms with Crippen molar-refractivity contribution >= 4 is 57.7 Å². The monoisotopic (exact) mass is 533 g/mol. The van der Waals surface area contributed by atoms with Crippen molar-refractivity contribution in [3.63, 3.8) is 0 Å². The molecule has 1 fully saturated rings. The molecule has 3 aromatic heterocycles. The van der Waals surface area contributed by atoms with Gasteiger partial charge >= 0.3 is 0 Å². The number of thiol groups is 1. The van der Waals surface area contributed by atoms with Crippen molar-refractivity contribution in [1.82, 2.24) is 23.2 Å². The Hall–Kier alpha value is -3.83. The molecule has 2 aromatic carbocycles. The third-order valence-corrected chi connectivity index (χ3v) is 7.50. The number of anilines is 3. The number of hydrogen-bond acceptors (Lipinski definition) is 8. The average Bonchev–Trinajstić information content (AvgIpc) is 3.29. The molecular weight excluding hydrogens is 505 g/mol. The van der Waals surface area contributed by atoms with Crippen molar-refractivity contribution in [2.24, 2.45) is 0 Å². The Morgan fingerprint density at radius 2 is 1.79 bits per heavy atom. The van der Waals surface area contributed by atoms with Crippen LogP contribution in [0, 0.1) is 5.82 Å². The maximum absolute atomic E-state index is 14.0. The van der Waals surface area contributed by atoms with Crippen LogP contribution in [0.1, 0.15) is 13.8 Å². The molecule has 0 atom stereocenters. The summed E-state index contributed by atoms with van der Waals surface area (Å²) in [5.74, 6) is 0.326. The number of halogens is 1. The van der Waals surface area contributed by atoms with Gasteiger partial charge in [-0.15, -0.1) is 0 Å². The zero-order valence-electron chi connectivity index (χ0n) is 21.3. The zero-order valence-corrected chi connectivity index (χ0v) is 22.2. The number of nitrogens with zero attached hydrogens (tertiary/aromatic N) is 6.